The molecule has 0 aliphatic heterocycles. The van der Waals surface area contributed by atoms with Crippen LogP contribution in [0.15, 0.2) is 29.1 Å². The summed E-state index contributed by atoms with van der Waals surface area (Å²) in [6, 6.07) is 2.42. The minimum Gasteiger partial charge on any atom is -0.375 e. The summed E-state index contributed by atoms with van der Waals surface area (Å²) < 4.78 is 37.7. The molecule has 0 aliphatic carbocycles. The van der Waals surface area contributed by atoms with Crippen molar-refractivity contribution in [3.05, 3.63) is 50.5 Å². The lowest BCUT2D eigenvalue weighted by Crippen LogP contribution is -2.10. The first-order chi connectivity index (χ1) is 9.38. The number of hydrogen-bond donors (Lipinski definition) is 1. The largest absolute Gasteiger partial charge is 0.433 e. The Morgan fingerprint density at radius 1 is 1.45 bits per heavy atom. The van der Waals surface area contributed by atoms with E-state index in [1.54, 1.807) is 16.8 Å². The summed E-state index contributed by atoms with van der Waals surface area (Å²) in [5.41, 5.74) is -1.04. The molecule has 2 aromatic heterocycles. The van der Waals surface area contributed by atoms with Gasteiger partial charge in [0.2, 0.25) is 0 Å². The lowest BCUT2D eigenvalue weighted by Gasteiger charge is -2.09. The van der Waals surface area contributed by atoms with Crippen LogP contribution in [0.4, 0.5) is 24.5 Å². The molecule has 0 aromatic carbocycles. The number of anilines is 1. The van der Waals surface area contributed by atoms with Gasteiger partial charge in [0.15, 0.2) is 0 Å². The zero-order chi connectivity index (χ0) is 14.8. The van der Waals surface area contributed by atoms with Gasteiger partial charge in [-0.25, -0.2) is 4.98 Å². The van der Waals surface area contributed by atoms with Crippen LogP contribution in [0.2, 0.25) is 0 Å². The van der Waals surface area contributed by atoms with Crippen molar-refractivity contribution in [2.75, 3.05) is 5.32 Å². The minimum absolute atomic E-state index is 0.200. The van der Waals surface area contributed by atoms with Crippen molar-refractivity contribution in [3.63, 3.8) is 0 Å². The lowest BCUT2D eigenvalue weighted by atomic mass is 10.2. The maximum atomic E-state index is 12.6. The summed E-state index contributed by atoms with van der Waals surface area (Å²) in [6.45, 7) is 0.200. The SMILES string of the molecule is O=[N+]([O-])c1cnc(C(F)(F)F)cc1NCc1ccsc1. The van der Waals surface area contributed by atoms with Gasteiger partial charge in [-0.2, -0.15) is 24.5 Å². The highest BCUT2D eigenvalue weighted by Crippen LogP contribution is 2.33. The third kappa shape index (κ3) is 3.23. The van der Waals surface area contributed by atoms with E-state index in [1.807, 2.05) is 0 Å². The molecule has 0 radical (unpaired) electrons. The number of nitrogens with one attached hydrogen (secondary N) is 1. The highest BCUT2D eigenvalue weighted by molar-refractivity contribution is 7.07. The average molecular weight is 303 g/mol. The Balaban J connectivity index is 2.29. The van der Waals surface area contributed by atoms with E-state index in [2.05, 4.69) is 10.3 Å². The molecule has 1 N–H and O–H groups in total. The van der Waals surface area contributed by atoms with Crippen molar-refractivity contribution in [3.8, 4) is 0 Å². The van der Waals surface area contributed by atoms with E-state index < -0.39 is 22.5 Å². The normalized spacial score (nSPS) is 11.3. The summed E-state index contributed by atoms with van der Waals surface area (Å²) in [5, 5.41) is 17.0. The third-order valence-electron chi connectivity index (χ3n) is 2.43. The fraction of sp³-hybridized carbons (Fsp3) is 0.182. The van der Waals surface area contributed by atoms with Crippen molar-refractivity contribution in [1.29, 1.82) is 0 Å². The van der Waals surface area contributed by atoms with Gasteiger partial charge in [-0.1, -0.05) is 0 Å². The summed E-state index contributed by atoms with van der Waals surface area (Å²) >= 11 is 1.43. The number of thiophene rings is 1. The van der Waals surface area contributed by atoms with E-state index in [1.165, 1.54) is 11.3 Å². The van der Waals surface area contributed by atoms with Gasteiger partial charge in [-0.15, -0.1) is 0 Å². The van der Waals surface area contributed by atoms with Crippen LogP contribution in [0, 0.1) is 10.1 Å². The van der Waals surface area contributed by atoms with Crippen molar-refractivity contribution >= 4 is 22.7 Å². The Hall–Kier alpha value is -2.16. The zero-order valence-corrected chi connectivity index (χ0v) is 10.7. The van der Waals surface area contributed by atoms with Crippen LogP contribution in [0.1, 0.15) is 11.3 Å². The summed E-state index contributed by atoms with van der Waals surface area (Å²) in [4.78, 5) is 13.1. The monoisotopic (exact) mass is 303 g/mol. The van der Waals surface area contributed by atoms with E-state index in [9.17, 15) is 23.3 Å². The number of nitrogens with zero attached hydrogens (tertiary/aromatic N) is 2. The standard InChI is InChI=1S/C11H8F3N3O2S/c12-11(13,14)10-3-8(9(5-16-10)17(18)19)15-4-7-1-2-20-6-7/h1-3,5-6H,4H2,(H,15,16). The molecule has 0 aliphatic rings. The molecule has 0 unspecified atom stereocenters. The van der Waals surface area contributed by atoms with E-state index in [4.69, 9.17) is 0 Å². The van der Waals surface area contributed by atoms with Gasteiger partial charge in [0.25, 0.3) is 0 Å². The molecule has 2 aromatic rings. The second kappa shape index (κ2) is 5.45. The molecule has 106 valence electrons. The van der Waals surface area contributed by atoms with Crippen LogP contribution in [-0.4, -0.2) is 9.91 Å². The fourth-order valence-electron chi connectivity index (χ4n) is 1.48. The first-order valence-corrected chi connectivity index (χ1v) is 6.29. The smallest absolute Gasteiger partial charge is 0.375 e. The molecular formula is C11H8F3N3O2S. The molecule has 0 spiro atoms. The van der Waals surface area contributed by atoms with E-state index in [0.717, 1.165) is 5.56 Å². The number of hydrogen-bond acceptors (Lipinski definition) is 5. The predicted molar refractivity (Wildman–Crippen MR) is 67.5 cm³/mol. The average Bonchev–Trinajstić information content (AvgIpc) is 2.87. The second-order valence-electron chi connectivity index (χ2n) is 3.83. The Labute approximate surface area is 115 Å². The third-order valence-corrected chi connectivity index (χ3v) is 3.17. The highest BCUT2D eigenvalue weighted by atomic mass is 32.1. The van der Waals surface area contributed by atoms with Gasteiger partial charge in [0.05, 0.1) is 4.92 Å². The van der Waals surface area contributed by atoms with Crippen LogP contribution in [0.25, 0.3) is 0 Å². The summed E-state index contributed by atoms with van der Waals surface area (Å²) in [5.74, 6) is 0. The van der Waals surface area contributed by atoms with Crippen LogP contribution in [0.5, 0.6) is 0 Å². The van der Waals surface area contributed by atoms with Gasteiger partial charge in [-0.05, 0) is 28.5 Å². The Kier molecular flexibility index (Phi) is 3.89. The molecule has 0 fully saturated rings. The topological polar surface area (TPSA) is 68.1 Å². The first kappa shape index (κ1) is 14.3. The van der Waals surface area contributed by atoms with Crippen LogP contribution in [-0.2, 0) is 12.7 Å². The number of halogens is 3. The summed E-state index contributed by atoms with van der Waals surface area (Å²) in [7, 11) is 0. The molecule has 0 bridgehead atoms. The minimum atomic E-state index is -4.64. The van der Waals surface area contributed by atoms with Gasteiger partial charge in [0, 0.05) is 6.54 Å². The number of rotatable bonds is 4. The van der Waals surface area contributed by atoms with E-state index in [0.29, 0.717) is 12.3 Å². The van der Waals surface area contributed by atoms with Gasteiger partial charge >= 0.3 is 11.9 Å². The van der Waals surface area contributed by atoms with E-state index >= 15 is 0 Å². The Bertz CT molecular complexity index is 614. The predicted octanol–water partition coefficient (Wildman–Crippen LogP) is 3.68. The summed E-state index contributed by atoms with van der Waals surface area (Å²) in [6.07, 6.45) is -4.04. The highest BCUT2D eigenvalue weighted by Gasteiger charge is 2.34. The number of aromatic nitrogens is 1. The molecule has 20 heavy (non-hydrogen) atoms. The van der Waals surface area contributed by atoms with Crippen molar-refractivity contribution < 1.29 is 18.1 Å². The van der Waals surface area contributed by atoms with Gasteiger partial charge in [0.1, 0.15) is 17.6 Å². The van der Waals surface area contributed by atoms with Crippen molar-refractivity contribution in [1.82, 2.24) is 4.98 Å². The van der Waals surface area contributed by atoms with Crippen molar-refractivity contribution in [2.45, 2.75) is 12.7 Å². The van der Waals surface area contributed by atoms with E-state index in [-0.39, 0.29) is 12.2 Å². The molecule has 2 rings (SSSR count). The second-order valence-corrected chi connectivity index (χ2v) is 4.61. The zero-order valence-electron chi connectivity index (χ0n) is 9.85. The maximum Gasteiger partial charge on any atom is 0.433 e. The lowest BCUT2D eigenvalue weighted by molar-refractivity contribution is -0.384. The van der Waals surface area contributed by atoms with Gasteiger partial charge < -0.3 is 5.32 Å². The maximum absolute atomic E-state index is 12.6. The molecule has 0 amide bonds. The molecule has 5 nitrogen and oxygen atoms in total. The fourth-order valence-corrected chi connectivity index (χ4v) is 2.15. The van der Waals surface area contributed by atoms with Crippen LogP contribution >= 0.6 is 11.3 Å². The number of nitro groups is 1. The molecule has 0 saturated carbocycles. The van der Waals surface area contributed by atoms with Crippen molar-refractivity contribution in [2.24, 2.45) is 0 Å². The molecule has 0 atom stereocenters. The quantitative estimate of drug-likeness (QED) is 0.691. The molecular weight excluding hydrogens is 295 g/mol. The van der Waals surface area contributed by atoms with Crippen LogP contribution in [0.3, 0.4) is 0 Å². The molecule has 9 heteroatoms. The van der Waals surface area contributed by atoms with Gasteiger partial charge in [-0.3, -0.25) is 10.1 Å². The molecule has 2 heterocycles. The first-order valence-electron chi connectivity index (χ1n) is 5.34. The Morgan fingerprint density at radius 3 is 2.75 bits per heavy atom. The van der Waals surface area contributed by atoms with Crippen LogP contribution < -0.4 is 5.32 Å². The number of pyridine rings is 1. The Morgan fingerprint density at radius 2 is 2.20 bits per heavy atom. The molecule has 0 saturated heterocycles. The number of alkyl halides is 3.